The molecule has 21 heavy (non-hydrogen) atoms. The average molecular weight is 305 g/mol. The number of hydrogen-bond donors (Lipinski definition) is 2. The summed E-state index contributed by atoms with van der Waals surface area (Å²) in [5.74, 6) is 7.61. The molecule has 1 rings (SSSR count). The quantitative estimate of drug-likeness (QED) is 0.627. The van der Waals surface area contributed by atoms with Crippen molar-refractivity contribution in [2.75, 3.05) is 18.1 Å². The van der Waals surface area contributed by atoms with E-state index in [0.717, 1.165) is 29.1 Å². The molecule has 0 fully saturated rings. The highest BCUT2D eigenvalue weighted by Gasteiger charge is 2.10. The van der Waals surface area contributed by atoms with E-state index in [-0.39, 0.29) is 18.6 Å². The van der Waals surface area contributed by atoms with Crippen LogP contribution in [0.3, 0.4) is 0 Å². The Morgan fingerprint density at radius 1 is 1.48 bits per heavy atom. The van der Waals surface area contributed by atoms with Crippen LogP contribution in [0.5, 0.6) is 0 Å². The maximum atomic E-state index is 12.2. The van der Waals surface area contributed by atoms with Crippen molar-refractivity contribution in [1.29, 1.82) is 0 Å². The molecule has 2 N–H and O–H groups in total. The predicted octanol–water partition coefficient (Wildman–Crippen LogP) is 2.60. The molecule has 0 aromatic heterocycles. The van der Waals surface area contributed by atoms with Gasteiger partial charge >= 0.3 is 0 Å². The van der Waals surface area contributed by atoms with Gasteiger partial charge in [0.05, 0.1) is 0 Å². The van der Waals surface area contributed by atoms with Crippen molar-refractivity contribution in [2.45, 2.75) is 33.2 Å². The summed E-state index contributed by atoms with van der Waals surface area (Å²) in [6.07, 6.45) is 0.975. The standard InChI is InChI=1S/C17H23NO2S/c1-4-21-11-9-14(3)18-17(20)16-8-7-15(6-5-10-19)13(2)12-16/h7-8,12,14,19H,4,9-11H2,1-3H3,(H,18,20). The van der Waals surface area contributed by atoms with Gasteiger partial charge in [-0.2, -0.15) is 11.8 Å². The molecule has 1 aromatic carbocycles. The van der Waals surface area contributed by atoms with Crippen molar-refractivity contribution in [1.82, 2.24) is 5.32 Å². The van der Waals surface area contributed by atoms with E-state index in [2.05, 4.69) is 24.1 Å². The molecule has 1 amide bonds. The van der Waals surface area contributed by atoms with E-state index in [1.807, 2.05) is 37.7 Å². The lowest BCUT2D eigenvalue weighted by molar-refractivity contribution is 0.0939. The highest BCUT2D eigenvalue weighted by molar-refractivity contribution is 7.99. The third-order valence-corrected chi connectivity index (χ3v) is 4.00. The predicted molar refractivity (Wildman–Crippen MR) is 89.7 cm³/mol. The molecule has 1 aromatic rings. The minimum absolute atomic E-state index is 0.0474. The van der Waals surface area contributed by atoms with Crippen molar-refractivity contribution in [2.24, 2.45) is 0 Å². The van der Waals surface area contributed by atoms with Gasteiger partial charge in [-0.1, -0.05) is 18.8 Å². The third-order valence-electron chi connectivity index (χ3n) is 3.07. The molecule has 0 aliphatic carbocycles. The second-order valence-corrected chi connectivity index (χ2v) is 6.24. The van der Waals surface area contributed by atoms with E-state index in [1.165, 1.54) is 0 Å². The van der Waals surface area contributed by atoms with Crippen LogP contribution in [0.1, 0.15) is 41.8 Å². The number of carbonyl (C=O) groups excluding carboxylic acids is 1. The van der Waals surface area contributed by atoms with Crippen LogP contribution >= 0.6 is 11.8 Å². The molecule has 1 atom stereocenters. The molecular formula is C17H23NO2S. The Hall–Kier alpha value is -1.44. The molecule has 0 radical (unpaired) electrons. The van der Waals surface area contributed by atoms with Gasteiger partial charge in [-0.15, -0.1) is 0 Å². The zero-order chi connectivity index (χ0) is 15.7. The van der Waals surface area contributed by atoms with Gasteiger partial charge in [0.25, 0.3) is 5.91 Å². The van der Waals surface area contributed by atoms with Gasteiger partial charge < -0.3 is 10.4 Å². The smallest absolute Gasteiger partial charge is 0.251 e. The van der Waals surface area contributed by atoms with Crippen LogP contribution < -0.4 is 5.32 Å². The van der Waals surface area contributed by atoms with Gasteiger partial charge in [0.2, 0.25) is 0 Å². The zero-order valence-electron chi connectivity index (χ0n) is 12.9. The van der Waals surface area contributed by atoms with E-state index in [9.17, 15) is 4.79 Å². The number of aliphatic hydroxyl groups excluding tert-OH is 1. The molecule has 114 valence electrons. The minimum atomic E-state index is -0.158. The molecule has 1 unspecified atom stereocenters. The molecule has 0 aliphatic heterocycles. The Labute approximate surface area is 131 Å². The normalized spacial score (nSPS) is 11.4. The summed E-state index contributed by atoms with van der Waals surface area (Å²) in [7, 11) is 0. The number of amides is 1. The molecule has 0 spiro atoms. The molecule has 3 nitrogen and oxygen atoms in total. The monoisotopic (exact) mass is 305 g/mol. The lowest BCUT2D eigenvalue weighted by atomic mass is 10.0. The molecule has 0 saturated carbocycles. The number of aryl methyl sites for hydroxylation is 1. The highest BCUT2D eigenvalue weighted by Crippen LogP contribution is 2.11. The van der Waals surface area contributed by atoms with E-state index < -0.39 is 0 Å². The summed E-state index contributed by atoms with van der Waals surface area (Å²) >= 11 is 1.88. The van der Waals surface area contributed by atoms with E-state index in [0.29, 0.717) is 5.56 Å². The Balaban J connectivity index is 2.64. The van der Waals surface area contributed by atoms with Gasteiger partial charge in [-0.3, -0.25) is 4.79 Å². The van der Waals surface area contributed by atoms with Crippen LogP contribution in [0, 0.1) is 18.8 Å². The van der Waals surface area contributed by atoms with Crippen LogP contribution in [0.25, 0.3) is 0 Å². The molecule has 0 bridgehead atoms. The number of thioether (sulfide) groups is 1. The van der Waals surface area contributed by atoms with Crippen LogP contribution in [-0.4, -0.2) is 35.2 Å². The summed E-state index contributed by atoms with van der Waals surface area (Å²) < 4.78 is 0. The topological polar surface area (TPSA) is 49.3 Å². The number of hydrogen-bond acceptors (Lipinski definition) is 3. The number of rotatable bonds is 6. The Morgan fingerprint density at radius 3 is 2.86 bits per heavy atom. The van der Waals surface area contributed by atoms with Gasteiger partial charge in [0, 0.05) is 17.2 Å². The second kappa shape index (κ2) is 9.49. The van der Waals surface area contributed by atoms with Crippen molar-refractivity contribution < 1.29 is 9.90 Å². The summed E-state index contributed by atoms with van der Waals surface area (Å²) in [5, 5.41) is 11.7. The lowest BCUT2D eigenvalue weighted by Crippen LogP contribution is -2.33. The van der Waals surface area contributed by atoms with Crippen LogP contribution in [0.4, 0.5) is 0 Å². The van der Waals surface area contributed by atoms with Gasteiger partial charge in [-0.05, 0) is 55.5 Å². The number of benzene rings is 1. The third kappa shape index (κ3) is 6.24. The first-order valence-electron chi connectivity index (χ1n) is 7.17. The first kappa shape index (κ1) is 17.6. The second-order valence-electron chi connectivity index (χ2n) is 4.85. The van der Waals surface area contributed by atoms with Crippen molar-refractivity contribution in [3.8, 4) is 11.8 Å². The minimum Gasteiger partial charge on any atom is -0.384 e. The van der Waals surface area contributed by atoms with Gasteiger partial charge in [-0.25, -0.2) is 0 Å². The summed E-state index contributed by atoms with van der Waals surface area (Å²) in [5.41, 5.74) is 2.43. The number of nitrogens with one attached hydrogen (secondary N) is 1. The summed E-state index contributed by atoms with van der Waals surface area (Å²) in [4.78, 5) is 12.2. The Bertz CT molecular complexity index is 531. The fraction of sp³-hybridized carbons (Fsp3) is 0.471. The summed E-state index contributed by atoms with van der Waals surface area (Å²) in [6, 6.07) is 5.61. The van der Waals surface area contributed by atoms with Gasteiger partial charge in [0.1, 0.15) is 6.61 Å². The van der Waals surface area contributed by atoms with E-state index >= 15 is 0 Å². The molecule has 0 saturated heterocycles. The number of carbonyl (C=O) groups is 1. The molecular weight excluding hydrogens is 282 g/mol. The summed E-state index contributed by atoms with van der Waals surface area (Å²) in [6.45, 7) is 5.93. The number of aliphatic hydroxyl groups is 1. The first-order chi connectivity index (χ1) is 10.1. The SMILES string of the molecule is CCSCCC(C)NC(=O)c1ccc(C#CCO)c(C)c1. The first-order valence-corrected chi connectivity index (χ1v) is 8.33. The zero-order valence-corrected chi connectivity index (χ0v) is 13.7. The Kier molecular flexibility index (Phi) is 7.96. The van der Waals surface area contributed by atoms with Gasteiger partial charge in [0.15, 0.2) is 0 Å². The maximum Gasteiger partial charge on any atom is 0.251 e. The van der Waals surface area contributed by atoms with Crippen molar-refractivity contribution >= 4 is 17.7 Å². The fourth-order valence-electron chi connectivity index (χ4n) is 1.86. The lowest BCUT2D eigenvalue weighted by Gasteiger charge is -2.14. The van der Waals surface area contributed by atoms with E-state index in [4.69, 9.17) is 5.11 Å². The van der Waals surface area contributed by atoms with Crippen LogP contribution in [0.15, 0.2) is 18.2 Å². The highest BCUT2D eigenvalue weighted by atomic mass is 32.2. The molecule has 0 heterocycles. The Morgan fingerprint density at radius 2 is 2.24 bits per heavy atom. The fourth-order valence-corrected chi connectivity index (χ4v) is 2.67. The largest absolute Gasteiger partial charge is 0.384 e. The molecule has 0 aliphatic rings. The van der Waals surface area contributed by atoms with Crippen molar-refractivity contribution in [3.63, 3.8) is 0 Å². The average Bonchev–Trinajstić information content (AvgIpc) is 2.46. The van der Waals surface area contributed by atoms with E-state index in [1.54, 1.807) is 6.07 Å². The van der Waals surface area contributed by atoms with Crippen molar-refractivity contribution in [3.05, 3.63) is 34.9 Å². The molecule has 4 heteroatoms. The van der Waals surface area contributed by atoms with Crippen LogP contribution in [-0.2, 0) is 0 Å². The van der Waals surface area contributed by atoms with Crippen LogP contribution in [0.2, 0.25) is 0 Å². The maximum absolute atomic E-state index is 12.2.